The summed E-state index contributed by atoms with van der Waals surface area (Å²) in [5.74, 6) is -2.54. The number of benzene rings is 1. The van der Waals surface area contributed by atoms with E-state index in [9.17, 15) is 18.8 Å². The summed E-state index contributed by atoms with van der Waals surface area (Å²) in [5.41, 5.74) is 0.0697. The van der Waals surface area contributed by atoms with Crippen LogP contribution in [0.1, 0.15) is 31.2 Å². The molecule has 3 rings (SSSR count). The minimum Gasteiger partial charge on any atom is -0.459 e. The fraction of sp³-hybridized carbons (Fsp3) is 0.471. The number of nitrogens with zero attached hydrogens (tertiary/aromatic N) is 1. The summed E-state index contributed by atoms with van der Waals surface area (Å²) in [6, 6.07) is 4.16. The number of hydrogen-bond donors (Lipinski definition) is 0. The van der Waals surface area contributed by atoms with Gasteiger partial charge in [-0.15, -0.1) is 0 Å². The lowest BCUT2D eigenvalue weighted by Crippen LogP contribution is -2.36. The number of halogens is 2. The summed E-state index contributed by atoms with van der Waals surface area (Å²) in [6.07, 6.45) is 3.21. The Kier molecular flexibility index (Phi) is 4.85. The molecule has 0 radical (unpaired) electrons. The molecule has 7 heteroatoms. The Labute approximate surface area is 143 Å². The molecule has 2 fully saturated rings. The molecule has 2 amide bonds. The molecule has 1 saturated carbocycles. The molecule has 0 N–H and O–H groups in total. The van der Waals surface area contributed by atoms with Gasteiger partial charge in [0.25, 0.3) is 0 Å². The molecule has 0 bridgehead atoms. The van der Waals surface area contributed by atoms with E-state index >= 15 is 0 Å². The Bertz CT molecular complexity index is 649. The minimum atomic E-state index is -0.755. The van der Waals surface area contributed by atoms with Gasteiger partial charge in [0, 0.05) is 5.56 Å². The summed E-state index contributed by atoms with van der Waals surface area (Å²) in [4.78, 5) is 37.5. The number of imide groups is 1. The number of likely N-dealkylation sites (tertiary alicyclic amines) is 1. The molecule has 1 saturated heterocycles. The van der Waals surface area contributed by atoms with E-state index in [1.54, 1.807) is 0 Å². The van der Waals surface area contributed by atoms with Crippen LogP contribution in [-0.2, 0) is 25.7 Å². The molecule has 0 spiro atoms. The first-order chi connectivity index (χ1) is 11.5. The van der Waals surface area contributed by atoms with E-state index in [4.69, 9.17) is 16.3 Å². The first-order valence-electron chi connectivity index (χ1n) is 7.92. The molecule has 1 aromatic carbocycles. The molecule has 0 aromatic heterocycles. The van der Waals surface area contributed by atoms with Crippen LogP contribution in [0.25, 0.3) is 0 Å². The monoisotopic (exact) mass is 353 g/mol. The average Bonchev–Trinajstić information content (AvgIpc) is 2.80. The second-order valence-corrected chi connectivity index (χ2v) is 6.53. The summed E-state index contributed by atoms with van der Waals surface area (Å²) in [5, 5.41) is 0.155. The van der Waals surface area contributed by atoms with Crippen LogP contribution in [0.5, 0.6) is 0 Å². The van der Waals surface area contributed by atoms with Crippen LogP contribution in [0.15, 0.2) is 18.2 Å². The number of ether oxygens (including phenoxy) is 1. The van der Waals surface area contributed by atoms with E-state index in [1.807, 2.05) is 0 Å². The zero-order valence-corrected chi connectivity index (χ0v) is 13.7. The van der Waals surface area contributed by atoms with Crippen LogP contribution in [-0.4, -0.2) is 29.2 Å². The topological polar surface area (TPSA) is 63.7 Å². The molecular formula is C17H17ClFNO4. The van der Waals surface area contributed by atoms with Gasteiger partial charge in [-0.2, -0.15) is 0 Å². The Balaban J connectivity index is 1.61. The maximum Gasteiger partial charge on any atom is 0.326 e. The largest absolute Gasteiger partial charge is 0.459 e. The van der Waals surface area contributed by atoms with Crippen LogP contribution in [0.3, 0.4) is 0 Å². The third-order valence-electron chi connectivity index (χ3n) is 4.66. The van der Waals surface area contributed by atoms with Crippen LogP contribution in [0.4, 0.5) is 4.39 Å². The lowest BCUT2D eigenvalue weighted by molar-refractivity contribution is -0.153. The Morgan fingerprint density at radius 2 is 1.83 bits per heavy atom. The Morgan fingerprint density at radius 3 is 2.42 bits per heavy atom. The predicted molar refractivity (Wildman–Crippen MR) is 83.4 cm³/mol. The van der Waals surface area contributed by atoms with Crippen molar-refractivity contribution in [2.75, 3.05) is 6.54 Å². The first-order valence-corrected chi connectivity index (χ1v) is 8.30. The second-order valence-electron chi connectivity index (χ2n) is 6.12. The normalized spacial score (nSPS) is 23.3. The molecular weight excluding hydrogens is 337 g/mol. The Morgan fingerprint density at radius 1 is 1.21 bits per heavy atom. The van der Waals surface area contributed by atoms with Crippen molar-refractivity contribution in [3.05, 3.63) is 34.6 Å². The van der Waals surface area contributed by atoms with Gasteiger partial charge >= 0.3 is 5.97 Å². The highest BCUT2D eigenvalue weighted by molar-refractivity contribution is 6.31. The zero-order chi connectivity index (χ0) is 17.3. The maximum atomic E-state index is 13.6. The van der Waals surface area contributed by atoms with Gasteiger partial charge in [-0.25, -0.2) is 4.39 Å². The molecule has 1 heterocycles. The van der Waals surface area contributed by atoms with Gasteiger partial charge < -0.3 is 4.74 Å². The molecule has 1 aliphatic carbocycles. The molecule has 1 aromatic rings. The van der Waals surface area contributed by atoms with Gasteiger partial charge in [0.1, 0.15) is 19.0 Å². The van der Waals surface area contributed by atoms with Crippen molar-refractivity contribution in [1.82, 2.24) is 4.90 Å². The number of amides is 2. The van der Waals surface area contributed by atoms with E-state index in [0.717, 1.165) is 17.7 Å². The van der Waals surface area contributed by atoms with E-state index in [-0.39, 0.29) is 40.8 Å². The highest BCUT2D eigenvalue weighted by Crippen LogP contribution is 2.37. The third kappa shape index (κ3) is 3.15. The van der Waals surface area contributed by atoms with E-state index in [2.05, 4.69) is 0 Å². The van der Waals surface area contributed by atoms with Gasteiger partial charge in [0.2, 0.25) is 11.8 Å². The molecule has 24 heavy (non-hydrogen) atoms. The lowest BCUT2D eigenvalue weighted by Gasteiger charge is -2.19. The van der Waals surface area contributed by atoms with Crippen LogP contribution < -0.4 is 0 Å². The standard InChI is InChI=1S/C17H17ClFNO4/c18-13-6-3-7-14(19)12(13)9-24-15(21)8-20-16(22)10-4-1-2-5-11(10)17(20)23/h3,6-7,10-11H,1-2,4-5,8-9H2/t10-,11-/m1/s1. The summed E-state index contributed by atoms with van der Waals surface area (Å²) < 4.78 is 18.6. The maximum absolute atomic E-state index is 13.6. The van der Waals surface area contributed by atoms with Crippen molar-refractivity contribution in [2.24, 2.45) is 11.8 Å². The number of hydrogen-bond acceptors (Lipinski definition) is 4. The molecule has 5 nitrogen and oxygen atoms in total. The molecule has 0 unspecified atom stereocenters. The van der Waals surface area contributed by atoms with Crippen molar-refractivity contribution in [1.29, 1.82) is 0 Å². The SMILES string of the molecule is O=C(CN1C(=O)[C@@H]2CCCC[C@H]2C1=O)OCc1c(F)cccc1Cl. The molecule has 2 atom stereocenters. The lowest BCUT2D eigenvalue weighted by atomic mass is 9.81. The number of esters is 1. The number of carbonyl (C=O) groups is 3. The summed E-state index contributed by atoms with van der Waals surface area (Å²) in [6.45, 7) is -0.774. The van der Waals surface area contributed by atoms with Crippen LogP contribution >= 0.6 is 11.6 Å². The molecule has 2 aliphatic rings. The van der Waals surface area contributed by atoms with E-state index in [0.29, 0.717) is 12.8 Å². The smallest absolute Gasteiger partial charge is 0.326 e. The highest BCUT2D eigenvalue weighted by Gasteiger charge is 2.48. The number of fused-ring (bicyclic) bond motifs is 1. The van der Waals surface area contributed by atoms with Gasteiger partial charge in [0.15, 0.2) is 0 Å². The summed E-state index contributed by atoms with van der Waals surface area (Å²) in [7, 11) is 0. The third-order valence-corrected chi connectivity index (χ3v) is 5.01. The highest BCUT2D eigenvalue weighted by atomic mass is 35.5. The first kappa shape index (κ1) is 16.9. The van der Waals surface area contributed by atoms with E-state index in [1.165, 1.54) is 18.2 Å². The summed E-state index contributed by atoms with van der Waals surface area (Å²) >= 11 is 5.86. The average molecular weight is 354 g/mol. The second kappa shape index (κ2) is 6.89. The number of carbonyl (C=O) groups excluding carboxylic acids is 3. The van der Waals surface area contributed by atoms with Crippen molar-refractivity contribution >= 4 is 29.4 Å². The fourth-order valence-corrected chi connectivity index (χ4v) is 3.60. The minimum absolute atomic E-state index is 0.0697. The van der Waals surface area contributed by atoms with Gasteiger partial charge in [0.05, 0.1) is 16.9 Å². The van der Waals surface area contributed by atoms with Crippen molar-refractivity contribution < 1.29 is 23.5 Å². The van der Waals surface area contributed by atoms with Gasteiger partial charge in [-0.3, -0.25) is 19.3 Å². The quantitative estimate of drug-likeness (QED) is 0.616. The van der Waals surface area contributed by atoms with Crippen molar-refractivity contribution in [2.45, 2.75) is 32.3 Å². The van der Waals surface area contributed by atoms with Gasteiger partial charge in [-0.1, -0.05) is 30.5 Å². The molecule has 128 valence electrons. The van der Waals surface area contributed by atoms with Crippen LogP contribution in [0.2, 0.25) is 5.02 Å². The predicted octanol–water partition coefficient (Wildman–Crippen LogP) is 2.70. The van der Waals surface area contributed by atoms with E-state index < -0.39 is 18.3 Å². The zero-order valence-electron chi connectivity index (χ0n) is 13.0. The van der Waals surface area contributed by atoms with Crippen molar-refractivity contribution in [3.63, 3.8) is 0 Å². The fourth-order valence-electron chi connectivity index (χ4n) is 3.38. The Hall–Kier alpha value is -1.95. The number of rotatable bonds is 4. The van der Waals surface area contributed by atoms with Crippen LogP contribution in [0, 0.1) is 17.7 Å². The van der Waals surface area contributed by atoms with Gasteiger partial charge in [-0.05, 0) is 25.0 Å². The molecule has 1 aliphatic heterocycles. The van der Waals surface area contributed by atoms with Crippen molar-refractivity contribution in [3.8, 4) is 0 Å².